The molecule has 0 fully saturated rings. The predicted octanol–water partition coefficient (Wildman–Crippen LogP) is 2.99. The van der Waals surface area contributed by atoms with E-state index in [0.29, 0.717) is 20.7 Å². The van der Waals surface area contributed by atoms with Crippen LogP contribution in [0.3, 0.4) is 0 Å². The Morgan fingerprint density at radius 2 is 1.90 bits per heavy atom. The van der Waals surface area contributed by atoms with Gasteiger partial charge in [0.25, 0.3) is 5.91 Å². The van der Waals surface area contributed by atoms with Gasteiger partial charge in [-0.15, -0.1) is 0 Å². The second kappa shape index (κ2) is 6.95. The van der Waals surface area contributed by atoms with Crippen molar-refractivity contribution in [3.05, 3.63) is 68.5 Å². The molecule has 0 aliphatic carbocycles. The molecule has 0 radical (unpaired) electrons. The van der Waals surface area contributed by atoms with Gasteiger partial charge in [0.1, 0.15) is 10.8 Å². The fraction of sp³-hybridized carbons (Fsp3) is 0.0667. The van der Waals surface area contributed by atoms with Crippen LogP contribution in [0.25, 0.3) is 0 Å². The van der Waals surface area contributed by atoms with E-state index < -0.39 is 0 Å². The maximum atomic E-state index is 13.0. The summed E-state index contributed by atoms with van der Waals surface area (Å²) >= 11 is 6.81. The summed E-state index contributed by atoms with van der Waals surface area (Å²) in [4.78, 5) is 12.4. The fourth-order valence-electron chi connectivity index (χ4n) is 1.74. The predicted molar refractivity (Wildman–Crippen MR) is 92.6 cm³/mol. The van der Waals surface area contributed by atoms with Gasteiger partial charge in [0.05, 0.1) is 5.56 Å². The molecule has 108 valence electrons. The highest BCUT2D eigenvalue weighted by Crippen LogP contribution is 2.14. The number of nitrogens with one attached hydrogen (secondary N) is 1. The monoisotopic (exact) mass is 414 g/mol. The molecule has 2 rings (SSSR count). The quantitative estimate of drug-likeness (QED) is 0.598. The van der Waals surface area contributed by atoms with Crippen molar-refractivity contribution in [1.82, 2.24) is 5.32 Å². The first-order valence-electron chi connectivity index (χ1n) is 6.09. The lowest BCUT2D eigenvalue weighted by molar-refractivity contribution is 0.0950. The van der Waals surface area contributed by atoms with Crippen LogP contribution in [0.4, 0.5) is 4.39 Å². The number of amides is 1. The van der Waals surface area contributed by atoms with Crippen LogP contribution in [0, 0.1) is 9.39 Å². The summed E-state index contributed by atoms with van der Waals surface area (Å²) in [5.41, 5.74) is 7.69. The average Bonchev–Trinajstić information content (AvgIpc) is 2.45. The van der Waals surface area contributed by atoms with E-state index in [1.54, 1.807) is 0 Å². The van der Waals surface area contributed by atoms with Gasteiger partial charge in [-0.2, -0.15) is 0 Å². The second-order valence-corrected chi connectivity index (χ2v) is 5.97. The molecule has 2 aromatic rings. The van der Waals surface area contributed by atoms with Crippen LogP contribution in [-0.4, -0.2) is 10.9 Å². The van der Waals surface area contributed by atoms with Crippen molar-refractivity contribution < 1.29 is 9.18 Å². The number of rotatable bonds is 4. The highest BCUT2D eigenvalue weighted by atomic mass is 127. The largest absolute Gasteiger partial charge is 0.389 e. The standard InChI is InChI=1S/C15H12FIN2OS/c16-11-5-6-12(13(17)7-11)15(20)19-8-9-1-3-10(4-2-9)14(18)21/h1-7H,8H2,(H2,18,21)(H,19,20). The number of halogens is 2. The summed E-state index contributed by atoms with van der Waals surface area (Å²) in [6, 6.07) is 11.4. The van der Waals surface area contributed by atoms with E-state index in [1.165, 1.54) is 18.2 Å². The van der Waals surface area contributed by atoms with Crippen molar-refractivity contribution in [3.63, 3.8) is 0 Å². The number of nitrogens with two attached hydrogens (primary N) is 1. The summed E-state index contributed by atoms with van der Waals surface area (Å²) < 4.78 is 13.6. The van der Waals surface area contributed by atoms with Crippen LogP contribution >= 0.6 is 34.8 Å². The Morgan fingerprint density at radius 3 is 2.48 bits per heavy atom. The van der Waals surface area contributed by atoms with Crippen molar-refractivity contribution >= 4 is 45.7 Å². The van der Waals surface area contributed by atoms with Crippen LogP contribution in [-0.2, 0) is 6.54 Å². The van der Waals surface area contributed by atoms with Gasteiger partial charge in [-0.1, -0.05) is 36.5 Å². The number of carbonyl (C=O) groups is 1. The van der Waals surface area contributed by atoms with Crippen molar-refractivity contribution in [3.8, 4) is 0 Å². The van der Waals surface area contributed by atoms with E-state index in [2.05, 4.69) is 5.32 Å². The Balaban J connectivity index is 2.02. The third kappa shape index (κ3) is 4.21. The molecule has 6 heteroatoms. The summed E-state index contributed by atoms with van der Waals surface area (Å²) in [5, 5.41) is 2.79. The first-order valence-corrected chi connectivity index (χ1v) is 7.58. The van der Waals surface area contributed by atoms with E-state index in [9.17, 15) is 9.18 Å². The highest BCUT2D eigenvalue weighted by Gasteiger charge is 2.10. The third-order valence-electron chi connectivity index (χ3n) is 2.87. The Kier molecular flexibility index (Phi) is 5.24. The van der Waals surface area contributed by atoms with Gasteiger partial charge in [-0.25, -0.2) is 4.39 Å². The normalized spacial score (nSPS) is 10.2. The van der Waals surface area contributed by atoms with E-state index in [1.807, 2.05) is 46.9 Å². The van der Waals surface area contributed by atoms with Crippen molar-refractivity contribution in [2.75, 3.05) is 0 Å². The first kappa shape index (κ1) is 15.8. The molecule has 0 heterocycles. The minimum absolute atomic E-state index is 0.238. The summed E-state index contributed by atoms with van der Waals surface area (Å²) in [5.74, 6) is -0.595. The molecule has 0 unspecified atom stereocenters. The minimum atomic E-state index is -0.357. The second-order valence-electron chi connectivity index (χ2n) is 4.37. The average molecular weight is 414 g/mol. The number of hydrogen-bond acceptors (Lipinski definition) is 2. The van der Waals surface area contributed by atoms with Gasteiger partial charge in [0.2, 0.25) is 0 Å². The van der Waals surface area contributed by atoms with Crippen LogP contribution in [0.2, 0.25) is 0 Å². The lowest BCUT2D eigenvalue weighted by atomic mass is 10.1. The molecule has 0 atom stereocenters. The Bertz CT molecular complexity index is 689. The highest BCUT2D eigenvalue weighted by molar-refractivity contribution is 14.1. The van der Waals surface area contributed by atoms with E-state index in [0.717, 1.165) is 11.1 Å². The van der Waals surface area contributed by atoms with Gasteiger partial charge in [-0.05, 0) is 46.4 Å². The van der Waals surface area contributed by atoms with Gasteiger partial charge < -0.3 is 11.1 Å². The molecule has 1 amide bonds. The Hall–Kier alpha value is -1.54. The SMILES string of the molecule is NC(=S)c1ccc(CNC(=O)c2ccc(F)cc2I)cc1. The molecular weight excluding hydrogens is 402 g/mol. The topological polar surface area (TPSA) is 55.1 Å². The van der Waals surface area contributed by atoms with E-state index in [-0.39, 0.29) is 11.7 Å². The lowest BCUT2D eigenvalue weighted by Gasteiger charge is -2.08. The number of benzene rings is 2. The van der Waals surface area contributed by atoms with Gasteiger partial charge >= 0.3 is 0 Å². The maximum Gasteiger partial charge on any atom is 0.252 e. The molecule has 2 aromatic carbocycles. The minimum Gasteiger partial charge on any atom is -0.389 e. The molecule has 0 aromatic heterocycles. The van der Waals surface area contributed by atoms with Crippen LogP contribution < -0.4 is 11.1 Å². The van der Waals surface area contributed by atoms with E-state index in [4.69, 9.17) is 18.0 Å². The number of hydrogen-bond donors (Lipinski definition) is 2. The van der Waals surface area contributed by atoms with Gasteiger partial charge in [-0.3, -0.25) is 4.79 Å². The molecule has 0 spiro atoms. The zero-order valence-electron chi connectivity index (χ0n) is 10.9. The number of carbonyl (C=O) groups excluding carboxylic acids is 1. The zero-order valence-corrected chi connectivity index (χ0v) is 13.9. The van der Waals surface area contributed by atoms with Crippen LogP contribution in [0.5, 0.6) is 0 Å². The van der Waals surface area contributed by atoms with Crippen molar-refractivity contribution in [2.45, 2.75) is 6.54 Å². The van der Waals surface area contributed by atoms with Crippen LogP contribution in [0.15, 0.2) is 42.5 Å². The van der Waals surface area contributed by atoms with Crippen molar-refractivity contribution in [2.24, 2.45) is 5.73 Å². The zero-order chi connectivity index (χ0) is 15.4. The molecule has 0 saturated heterocycles. The van der Waals surface area contributed by atoms with Gasteiger partial charge in [0.15, 0.2) is 0 Å². The molecule has 3 nitrogen and oxygen atoms in total. The Morgan fingerprint density at radius 1 is 1.24 bits per heavy atom. The summed E-state index contributed by atoms with van der Waals surface area (Å²) in [7, 11) is 0. The summed E-state index contributed by atoms with van der Waals surface area (Å²) in [6.45, 7) is 0.379. The first-order chi connectivity index (χ1) is 9.97. The molecule has 0 aliphatic heterocycles. The molecule has 3 N–H and O–H groups in total. The lowest BCUT2D eigenvalue weighted by Crippen LogP contribution is -2.23. The maximum absolute atomic E-state index is 13.0. The van der Waals surface area contributed by atoms with E-state index >= 15 is 0 Å². The Labute approximate surface area is 140 Å². The summed E-state index contributed by atoms with van der Waals surface area (Å²) in [6.07, 6.45) is 0. The fourth-order valence-corrected chi connectivity index (χ4v) is 2.60. The van der Waals surface area contributed by atoms with Gasteiger partial charge in [0, 0.05) is 15.7 Å². The molecule has 0 aliphatic rings. The molecular formula is C15H12FIN2OS. The van der Waals surface area contributed by atoms with Crippen molar-refractivity contribution in [1.29, 1.82) is 0 Å². The third-order valence-corrected chi connectivity index (χ3v) is 4.00. The van der Waals surface area contributed by atoms with Crippen LogP contribution in [0.1, 0.15) is 21.5 Å². The molecule has 21 heavy (non-hydrogen) atoms. The molecule has 0 saturated carbocycles. The smallest absolute Gasteiger partial charge is 0.252 e. The molecule has 0 bridgehead atoms. The number of thiocarbonyl (C=S) groups is 1.